The van der Waals surface area contributed by atoms with Gasteiger partial charge >= 0.3 is 18.0 Å². The van der Waals surface area contributed by atoms with Crippen molar-refractivity contribution in [3.05, 3.63) is 59.8 Å². The van der Waals surface area contributed by atoms with Crippen molar-refractivity contribution >= 4 is 11.7 Å². The maximum Gasteiger partial charge on any atom is 0.443 e. The lowest BCUT2D eigenvalue weighted by Gasteiger charge is -2.38. The Bertz CT molecular complexity index is 785. The average molecular weight is 359 g/mol. The van der Waals surface area contributed by atoms with Crippen LogP contribution in [0.2, 0.25) is 0 Å². The molecule has 3 rings (SSSR count). The zero-order chi connectivity index (χ0) is 18.5. The zero-order valence-electron chi connectivity index (χ0n) is 12.7. The summed E-state index contributed by atoms with van der Waals surface area (Å²) in [7, 11) is 0. The average Bonchev–Trinajstić information content (AvgIpc) is 2.52. The van der Waals surface area contributed by atoms with Crippen molar-refractivity contribution < 1.29 is 26.3 Å². The molecule has 2 aliphatic heterocycles. The second-order valence-electron chi connectivity index (χ2n) is 5.51. The molecule has 1 aromatic carbocycles. The Morgan fingerprint density at radius 1 is 0.920 bits per heavy atom. The minimum Gasteiger partial charge on any atom is -0.286 e. The van der Waals surface area contributed by atoms with Crippen LogP contribution in [0.4, 0.5) is 26.3 Å². The van der Waals surface area contributed by atoms with E-state index in [2.05, 4.69) is 9.98 Å². The van der Waals surface area contributed by atoms with Gasteiger partial charge in [-0.1, -0.05) is 30.3 Å². The van der Waals surface area contributed by atoms with Gasteiger partial charge in [0.15, 0.2) is 0 Å². The molecule has 3 nitrogen and oxygen atoms in total. The first-order chi connectivity index (χ1) is 11.6. The number of aliphatic imine (C=N–C) groups is 2. The summed E-state index contributed by atoms with van der Waals surface area (Å²) in [6, 6.07) is 7.37. The fraction of sp³-hybridized carbons (Fsp3) is 0.250. The highest BCUT2D eigenvalue weighted by Gasteiger charge is 2.73. The summed E-state index contributed by atoms with van der Waals surface area (Å²) in [5.41, 5.74) is -3.95. The largest absolute Gasteiger partial charge is 0.443 e. The number of amidine groups is 2. The predicted molar refractivity (Wildman–Crippen MR) is 80.0 cm³/mol. The molecule has 0 unspecified atom stereocenters. The van der Waals surface area contributed by atoms with Gasteiger partial charge in [-0.15, -0.1) is 0 Å². The number of hydrogen-bond acceptors (Lipinski definition) is 3. The van der Waals surface area contributed by atoms with E-state index in [0.717, 1.165) is 11.0 Å². The van der Waals surface area contributed by atoms with E-state index in [4.69, 9.17) is 0 Å². The Labute approximate surface area is 138 Å². The van der Waals surface area contributed by atoms with Crippen LogP contribution in [0.1, 0.15) is 12.5 Å². The Morgan fingerprint density at radius 3 is 2.08 bits per heavy atom. The van der Waals surface area contributed by atoms with E-state index in [1.807, 2.05) is 0 Å². The minimum atomic E-state index is -5.74. The molecule has 9 heteroatoms. The Kier molecular flexibility index (Phi) is 3.77. The number of fused-ring (bicyclic) bond motifs is 1. The van der Waals surface area contributed by atoms with E-state index in [1.165, 1.54) is 30.5 Å². The van der Waals surface area contributed by atoms with Gasteiger partial charge in [0, 0.05) is 11.8 Å². The molecule has 2 heterocycles. The molecule has 0 saturated carbocycles. The first-order valence-electron chi connectivity index (χ1n) is 7.09. The highest BCUT2D eigenvalue weighted by molar-refractivity contribution is 6.15. The summed E-state index contributed by atoms with van der Waals surface area (Å²) in [6.07, 6.45) is -7.44. The van der Waals surface area contributed by atoms with E-state index in [9.17, 15) is 26.3 Å². The van der Waals surface area contributed by atoms with Crippen LogP contribution in [-0.2, 0) is 0 Å². The topological polar surface area (TPSA) is 28.0 Å². The molecule has 0 aliphatic carbocycles. The Hall–Kier alpha value is -2.58. The van der Waals surface area contributed by atoms with Crippen LogP contribution >= 0.6 is 0 Å². The number of alkyl halides is 6. The quantitative estimate of drug-likeness (QED) is 0.681. The van der Waals surface area contributed by atoms with Crippen molar-refractivity contribution in [2.24, 2.45) is 9.98 Å². The highest BCUT2D eigenvalue weighted by Crippen LogP contribution is 2.49. The molecule has 2 aliphatic rings. The molecule has 132 valence electrons. The van der Waals surface area contributed by atoms with Gasteiger partial charge in [-0.3, -0.25) is 4.90 Å². The number of allylic oxidation sites excluding steroid dienone is 2. The molecule has 0 N–H and O–H groups in total. The van der Waals surface area contributed by atoms with Gasteiger partial charge < -0.3 is 0 Å². The van der Waals surface area contributed by atoms with Crippen LogP contribution in [-0.4, -0.2) is 34.6 Å². The van der Waals surface area contributed by atoms with Crippen LogP contribution in [0.3, 0.4) is 0 Å². The standard InChI is InChI=1S/C16H11F6N3/c1-10-7-8-25-12(9-10)23-14(15(17,18)19,16(20,21)22)24-13(25)11-5-3-2-4-6-11/h2-9H,1H3. The van der Waals surface area contributed by atoms with Crippen LogP contribution < -0.4 is 0 Å². The molecule has 0 saturated heterocycles. The molecule has 0 fully saturated rings. The number of halogens is 6. The summed E-state index contributed by atoms with van der Waals surface area (Å²) in [6.45, 7) is 1.55. The molecule has 0 amide bonds. The van der Waals surface area contributed by atoms with Crippen molar-refractivity contribution in [2.75, 3.05) is 0 Å². The summed E-state index contributed by atoms with van der Waals surface area (Å²) in [5, 5.41) is 0. The van der Waals surface area contributed by atoms with Crippen molar-refractivity contribution in [3.8, 4) is 0 Å². The summed E-state index contributed by atoms with van der Waals surface area (Å²) >= 11 is 0. The predicted octanol–water partition coefficient (Wildman–Crippen LogP) is 4.44. The van der Waals surface area contributed by atoms with Gasteiger partial charge in [-0.25, -0.2) is 9.98 Å². The molecule has 0 bridgehead atoms. The van der Waals surface area contributed by atoms with Gasteiger partial charge in [0.25, 0.3) is 0 Å². The lowest BCUT2D eigenvalue weighted by atomic mass is 10.1. The fourth-order valence-corrected chi connectivity index (χ4v) is 2.46. The third kappa shape index (κ3) is 2.73. The molecule has 0 aromatic heterocycles. The number of benzene rings is 1. The second kappa shape index (κ2) is 5.47. The van der Waals surface area contributed by atoms with Crippen LogP contribution in [0, 0.1) is 0 Å². The van der Waals surface area contributed by atoms with Crippen LogP contribution in [0.15, 0.2) is 64.2 Å². The van der Waals surface area contributed by atoms with Gasteiger partial charge in [0.05, 0.1) is 0 Å². The maximum absolute atomic E-state index is 13.4. The monoisotopic (exact) mass is 359 g/mol. The van der Waals surface area contributed by atoms with Crippen LogP contribution in [0.5, 0.6) is 0 Å². The van der Waals surface area contributed by atoms with Gasteiger partial charge in [0.2, 0.25) is 0 Å². The molecule has 1 aromatic rings. The molecular weight excluding hydrogens is 348 g/mol. The summed E-state index contributed by atoms with van der Waals surface area (Å²) < 4.78 is 80.7. The number of rotatable bonds is 1. The number of nitrogens with zero attached hydrogens (tertiary/aromatic N) is 3. The fourth-order valence-electron chi connectivity index (χ4n) is 2.46. The third-order valence-corrected chi connectivity index (χ3v) is 3.68. The molecule has 0 radical (unpaired) electrons. The summed E-state index contributed by atoms with van der Waals surface area (Å²) in [4.78, 5) is 7.15. The Morgan fingerprint density at radius 2 is 1.52 bits per heavy atom. The Balaban J connectivity index is 2.30. The van der Waals surface area contributed by atoms with Crippen molar-refractivity contribution in [2.45, 2.75) is 24.9 Å². The third-order valence-electron chi connectivity index (χ3n) is 3.68. The molecule has 0 spiro atoms. The molecule has 0 atom stereocenters. The van der Waals surface area contributed by atoms with Gasteiger partial charge in [0.1, 0.15) is 11.7 Å². The van der Waals surface area contributed by atoms with Gasteiger partial charge in [-0.05, 0) is 24.6 Å². The zero-order valence-corrected chi connectivity index (χ0v) is 12.7. The molecule has 25 heavy (non-hydrogen) atoms. The van der Waals surface area contributed by atoms with E-state index in [1.54, 1.807) is 19.1 Å². The smallest absolute Gasteiger partial charge is 0.286 e. The first kappa shape index (κ1) is 17.2. The van der Waals surface area contributed by atoms with E-state index in [0.29, 0.717) is 5.57 Å². The van der Waals surface area contributed by atoms with Crippen molar-refractivity contribution in [3.63, 3.8) is 0 Å². The van der Waals surface area contributed by atoms with Crippen LogP contribution in [0.25, 0.3) is 0 Å². The lowest BCUT2D eigenvalue weighted by molar-refractivity contribution is -0.292. The van der Waals surface area contributed by atoms with E-state index < -0.39 is 29.7 Å². The minimum absolute atomic E-state index is 0.116. The normalized spacial score (nSPS) is 19.8. The van der Waals surface area contributed by atoms with E-state index in [-0.39, 0.29) is 5.56 Å². The van der Waals surface area contributed by atoms with Crippen molar-refractivity contribution in [1.82, 2.24) is 4.90 Å². The van der Waals surface area contributed by atoms with Crippen molar-refractivity contribution in [1.29, 1.82) is 0 Å². The SMILES string of the molecule is CC1=CC2=NC(C(F)(F)F)(C(F)(F)F)N=C(c3ccccc3)N2C=C1. The second-order valence-corrected chi connectivity index (χ2v) is 5.51. The lowest BCUT2D eigenvalue weighted by Crippen LogP contribution is -2.58. The summed E-state index contributed by atoms with van der Waals surface area (Å²) in [5.74, 6) is -0.941. The van der Waals surface area contributed by atoms with E-state index >= 15 is 0 Å². The maximum atomic E-state index is 13.4. The van der Waals surface area contributed by atoms with Gasteiger partial charge in [-0.2, -0.15) is 26.3 Å². The first-order valence-corrected chi connectivity index (χ1v) is 7.09. The molecular formula is C16H11F6N3. The number of hydrogen-bond donors (Lipinski definition) is 0. The highest BCUT2D eigenvalue weighted by atomic mass is 19.4.